The average Bonchev–Trinajstić information content (AvgIpc) is 2.59. The molecule has 0 amide bonds. The summed E-state index contributed by atoms with van der Waals surface area (Å²) in [7, 11) is -0.308. The van der Waals surface area contributed by atoms with Crippen molar-refractivity contribution in [2.75, 3.05) is 27.0 Å². The number of benzene rings is 2. The van der Waals surface area contributed by atoms with Crippen molar-refractivity contribution < 1.29 is 22.4 Å². The zero-order valence-electron chi connectivity index (χ0n) is 14.5. The van der Waals surface area contributed by atoms with Crippen molar-refractivity contribution >= 4 is 10.1 Å². The Bertz CT molecular complexity index is 798. The molecule has 1 heterocycles. The van der Waals surface area contributed by atoms with E-state index in [1.54, 1.807) is 14.2 Å². The minimum absolute atomic E-state index is 0.361. The molecule has 0 bridgehead atoms. The third-order valence-electron chi connectivity index (χ3n) is 3.89. The quantitative estimate of drug-likeness (QED) is 0.813. The Morgan fingerprint density at radius 1 is 1.08 bits per heavy atom. The van der Waals surface area contributed by atoms with Gasteiger partial charge in [0.1, 0.15) is 0 Å². The molecule has 0 radical (unpaired) electrons. The number of fused-ring (bicyclic) bond motifs is 1. The average molecular weight is 365 g/mol. The van der Waals surface area contributed by atoms with Gasteiger partial charge >= 0.3 is 0 Å². The molecule has 0 aliphatic carbocycles. The summed E-state index contributed by atoms with van der Waals surface area (Å²) in [6.45, 7) is 1.82. The number of methoxy groups -OCH3 is 2. The summed E-state index contributed by atoms with van der Waals surface area (Å²) in [4.78, 5) is 0. The van der Waals surface area contributed by atoms with Crippen LogP contribution >= 0.6 is 0 Å². The molecule has 2 aromatic carbocycles. The first-order chi connectivity index (χ1) is 11.8. The van der Waals surface area contributed by atoms with Crippen molar-refractivity contribution in [3.8, 4) is 11.5 Å². The maximum atomic E-state index is 9.19. The largest absolute Gasteiger partial charge is 0.493 e. The molecule has 136 valence electrons. The zero-order chi connectivity index (χ0) is 18.4. The molecule has 1 aliphatic rings. The Hall–Kier alpha value is -2.09. The fourth-order valence-electron chi connectivity index (χ4n) is 2.86. The number of hydrogen-bond donors (Lipinski definition) is 2. The van der Waals surface area contributed by atoms with Crippen molar-refractivity contribution in [2.45, 2.75) is 12.5 Å². The van der Waals surface area contributed by atoms with E-state index in [4.69, 9.17) is 14.0 Å². The Morgan fingerprint density at radius 2 is 1.64 bits per heavy atom. The molecule has 0 saturated heterocycles. The highest BCUT2D eigenvalue weighted by Gasteiger charge is 2.23. The van der Waals surface area contributed by atoms with Crippen molar-refractivity contribution in [1.29, 1.82) is 0 Å². The number of rotatable bonds is 3. The van der Waals surface area contributed by atoms with Gasteiger partial charge in [0.2, 0.25) is 0 Å². The van der Waals surface area contributed by atoms with E-state index in [9.17, 15) is 8.42 Å². The molecule has 7 heteroatoms. The van der Waals surface area contributed by atoms with Gasteiger partial charge in [-0.3, -0.25) is 4.55 Å². The highest BCUT2D eigenvalue weighted by atomic mass is 32.2. The third kappa shape index (κ3) is 5.45. The molecule has 2 aromatic rings. The summed E-state index contributed by atoms with van der Waals surface area (Å²) in [5.41, 5.74) is 3.93. The summed E-state index contributed by atoms with van der Waals surface area (Å²) in [6, 6.07) is 14.8. The van der Waals surface area contributed by atoms with E-state index in [2.05, 4.69) is 47.8 Å². The van der Waals surface area contributed by atoms with E-state index >= 15 is 0 Å². The summed E-state index contributed by atoms with van der Waals surface area (Å²) < 4.78 is 36.7. The van der Waals surface area contributed by atoms with Crippen molar-refractivity contribution in [2.24, 2.45) is 0 Å². The molecule has 0 fully saturated rings. The summed E-state index contributed by atoms with van der Waals surface area (Å²) in [5, 5.41) is 3.48. The van der Waals surface area contributed by atoms with Crippen LogP contribution in [0.15, 0.2) is 42.5 Å². The highest BCUT2D eigenvalue weighted by molar-refractivity contribution is 7.85. The Balaban J connectivity index is 0.000000399. The van der Waals surface area contributed by atoms with Gasteiger partial charge in [-0.05, 0) is 28.8 Å². The van der Waals surface area contributed by atoms with Crippen LogP contribution in [0.5, 0.6) is 11.5 Å². The van der Waals surface area contributed by atoms with Crippen LogP contribution in [0.25, 0.3) is 0 Å². The lowest BCUT2D eigenvalue weighted by molar-refractivity contribution is 0.353. The molecule has 6 nitrogen and oxygen atoms in total. The van der Waals surface area contributed by atoms with Gasteiger partial charge in [-0.1, -0.05) is 30.3 Å². The fraction of sp³-hybridized carbons (Fsp3) is 0.333. The van der Waals surface area contributed by atoms with Crippen molar-refractivity contribution in [3.63, 3.8) is 0 Å². The lowest BCUT2D eigenvalue weighted by Gasteiger charge is -2.28. The first kappa shape index (κ1) is 19.2. The Morgan fingerprint density at radius 3 is 2.20 bits per heavy atom. The predicted molar refractivity (Wildman–Crippen MR) is 97.0 cm³/mol. The molecule has 0 aromatic heterocycles. The van der Waals surface area contributed by atoms with Crippen molar-refractivity contribution in [1.82, 2.24) is 5.32 Å². The summed E-state index contributed by atoms with van der Waals surface area (Å²) in [6.07, 6.45) is 0.715. The van der Waals surface area contributed by atoms with E-state index in [1.807, 2.05) is 0 Å². The van der Waals surface area contributed by atoms with Crippen LogP contribution in [0.4, 0.5) is 0 Å². The molecule has 25 heavy (non-hydrogen) atoms. The maximum Gasteiger partial charge on any atom is 0.261 e. The molecule has 2 N–H and O–H groups in total. The smallest absolute Gasteiger partial charge is 0.261 e. The highest BCUT2D eigenvalue weighted by Crippen LogP contribution is 2.37. The molecule has 1 aliphatic heterocycles. The predicted octanol–water partition coefficient (Wildman–Crippen LogP) is 2.44. The maximum absolute atomic E-state index is 9.19. The second-order valence-corrected chi connectivity index (χ2v) is 7.20. The SMILES string of the molecule is COc1cc2c(cc1OC)C(c1ccccc1)CNC2.CS(=O)(=O)O. The fourth-order valence-corrected chi connectivity index (χ4v) is 2.86. The first-order valence-corrected chi connectivity index (χ1v) is 9.61. The number of nitrogens with one attached hydrogen (secondary N) is 1. The summed E-state index contributed by atoms with van der Waals surface area (Å²) in [5.74, 6) is 1.95. The van der Waals surface area contributed by atoms with Crippen LogP contribution in [0.2, 0.25) is 0 Å². The minimum Gasteiger partial charge on any atom is -0.493 e. The van der Waals surface area contributed by atoms with Gasteiger partial charge in [-0.2, -0.15) is 8.42 Å². The molecule has 1 atom stereocenters. The van der Waals surface area contributed by atoms with Gasteiger partial charge in [-0.25, -0.2) is 0 Å². The number of ether oxygens (including phenoxy) is 2. The van der Waals surface area contributed by atoms with Gasteiger partial charge in [-0.15, -0.1) is 0 Å². The lowest BCUT2D eigenvalue weighted by Crippen LogP contribution is -2.28. The van der Waals surface area contributed by atoms with Crippen LogP contribution in [-0.2, 0) is 16.7 Å². The zero-order valence-corrected chi connectivity index (χ0v) is 15.3. The van der Waals surface area contributed by atoms with E-state index in [0.717, 1.165) is 24.6 Å². The van der Waals surface area contributed by atoms with Crippen LogP contribution in [0.3, 0.4) is 0 Å². The molecule has 3 rings (SSSR count). The summed E-state index contributed by atoms with van der Waals surface area (Å²) >= 11 is 0. The van der Waals surface area contributed by atoms with Crippen molar-refractivity contribution in [3.05, 3.63) is 59.2 Å². The van der Waals surface area contributed by atoms with Gasteiger partial charge in [0.25, 0.3) is 10.1 Å². The van der Waals surface area contributed by atoms with Gasteiger partial charge in [0.05, 0.1) is 20.5 Å². The van der Waals surface area contributed by atoms with Crippen LogP contribution in [0, 0.1) is 0 Å². The second kappa shape index (κ2) is 8.33. The Labute approximate surface area is 148 Å². The van der Waals surface area contributed by atoms with E-state index in [-0.39, 0.29) is 0 Å². The van der Waals surface area contributed by atoms with Crippen LogP contribution in [-0.4, -0.2) is 40.0 Å². The molecule has 1 unspecified atom stereocenters. The second-order valence-electron chi connectivity index (χ2n) is 5.73. The van der Waals surface area contributed by atoms with Crippen LogP contribution in [0.1, 0.15) is 22.6 Å². The molecular weight excluding hydrogens is 342 g/mol. The topological polar surface area (TPSA) is 84.9 Å². The van der Waals surface area contributed by atoms with Crippen LogP contribution < -0.4 is 14.8 Å². The molecule has 0 spiro atoms. The van der Waals surface area contributed by atoms with Gasteiger partial charge in [0.15, 0.2) is 11.5 Å². The third-order valence-corrected chi connectivity index (χ3v) is 3.89. The number of hydrogen-bond acceptors (Lipinski definition) is 5. The van der Waals surface area contributed by atoms with E-state index < -0.39 is 10.1 Å². The minimum atomic E-state index is -3.67. The van der Waals surface area contributed by atoms with Gasteiger partial charge < -0.3 is 14.8 Å². The van der Waals surface area contributed by atoms with E-state index in [0.29, 0.717) is 12.2 Å². The van der Waals surface area contributed by atoms with E-state index in [1.165, 1.54) is 16.7 Å². The molecule has 0 saturated carbocycles. The lowest BCUT2D eigenvalue weighted by atomic mass is 9.85. The van der Waals surface area contributed by atoms with Gasteiger partial charge in [0, 0.05) is 19.0 Å². The standard InChI is InChI=1S/C17H19NO2.CH4O3S/c1-19-16-8-13-10-18-11-15(12-6-4-3-5-7-12)14(13)9-17(16)20-2;1-5(2,3)4/h3-9,15,18H,10-11H2,1-2H3;1H3,(H,2,3,4). The molecular formula is C18H23NO5S. The monoisotopic (exact) mass is 365 g/mol. The normalized spacial score (nSPS) is 16.2. The first-order valence-electron chi connectivity index (χ1n) is 7.76. The Kier molecular flexibility index (Phi) is 6.41.